The summed E-state index contributed by atoms with van der Waals surface area (Å²) in [6.45, 7) is -0.388. The van der Waals surface area contributed by atoms with Gasteiger partial charge < -0.3 is 20.4 Å². The first-order valence-electron chi connectivity index (χ1n) is 11.2. The Balaban J connectivity index is 1.48. The van der Waals surface area contributed by atoms with Gasteiger partial charge in [-0.25, -0.2) is 8.78 Å². The highest BCUT2D eigenvalue weighted by Crippen LogP contribution is 2.25. The van der Waals surface area contributed by atoms with Crippen LogP contribution in [-0.2, 0) is 14.4 Å². The number of benzene rings is 2. The van der Waals surface area contributed by atoms with Crippen LogP contribution in [0.3, 0.4) is 0 Å². The second-order valence-corrected chi connectivity index (χ2v) is 8.36. The van der Waals surface area contributed by atoms with Crippen molar-refractivity contribution in [2.45, 2.75) is 18.9 Å². The lowest BCUT2D eigenvalue weighted by Gasteiger charge is -2.24. The van der Waals surface area contributed by atoms with E-state index in [1.165, 1.54) is 11.9 Å². The molecular weight excluding hydrogens is 472 g/mol. The van der Waals surface area contributed by atoms with Gasteiger partial charge in [0.05, 0.1) is 24.1 Å². The maximum absolute atomic E-state index is 13.7. The van der Waals surface area contributed by atoms with Gasteiger partial charge in [-0.05, 0) is 30.7 Å². The van der Waals surface area contributed by atoms with E-state index < -0.39 is 41.3 Å². The summed E-state index contributed by atoms with van der Waals surface area (Å²) in [4.78, 5) is 52.3. The number of amides is 4. The van der Waals surface area contributed by atoms with Gasteiger partial charge in [0.15, 0.2) is 0 Å². The lowest BCUT2D eigenvalue weighted by atomic mass is 10.1. The third kappa shape index (κ3) is 6.63. The van der Waals surface area contributed by atoms with Gasteiger partial charge in [0.25, 0.3) is 5.91 Å². The number of para-hydroxylation sites is 1. The van der Waals surface area contributed by atoms with E-state index in [2.05, 4.69) is 10.6 Å². The number of carbonyl (C=O) groups is 4. The zero-order valence-corrected chi connectivity index (χ0v) is 19.5. The lowest BCUT2D eigenvalue weighted by molar-refractivity contribution is -0.139. The van der Waals surface area contributed by atoms with Crippen LogP contribution >= 0.6 is 0 Å². The fourth-order valence-corrected chi connectivity index (χ4v) is 3.81. The number of carbonyl (C=O) groups excluding carboxylic acids is 4. The minimum Gasteiger partial charge on any atom is -0.351 e. The molecule has 0 radical (unpaired) electrons. The summed E-state index contributed by atoms with van der Waals surface area (Å²) in [5, 5.41) is 14.6. The standard InChI is InChI=1S/C25H25F2N5O4/c1-31(22(33)9-10-29-25(36)20-8-7-17(26)12-21(20)27)15-23(34)32-14-16(11-19(32)13-28)24(35)30-18-5-3-2-4-6-18/h2-8,12,16,19H,9-11,14-15H2,1H3,(H,29,36)(H,30,35). The van der Waals surface area contributed by atoms with Crippen LogP contribution in [0, 0.1) is 28.9 Å². The highest BCUT2D eigenvalue weighted by molar-refractivity contribution is 5.95. The van der Waals surface area contributed by atoms with Crippen molar-refractivity contribution < 1.29 is 28.0 Å². The molecule has 0 aromatic heterocycles. The van der Waals surface area contributed by atoms with E-state index in [0.717, 1.165) is 17.0 Å². The van der Waals surface area contributed by atoms with Crippen molar-refractivity contribution >= 4 is 29.3 Å². The van der Waals surface area contributed by atoms with Gasteiger partial charge in [-0.15, -0.1) is 0 Å². The molecule has 2 unspecified atom stereocenters. The molecule has 0 bridgehead atoms. The van der Waals surface area contributed by atoms with Crippen molar-refractivity contribution in [1.29, 1.82) is 5.26 Å². The van der Waals surface area contributed by atoms with E-state index in [0.29, 0.717) is 11.8 Å². The number of rotatable bonds is 8. The fraction of sp³-hybridized carbons (Fsp3) is 0.320. The maximum atomic E-state index is 13.7. The zero-order chi connectivity index (χ0) is 26.2. The van der Waals surface area contributed by atoms with Gasteiger partial charge in [0.1, 0.15) is 17.7 Å². The van der Waals surface area contributed by atoms with Crippen molar-refractivity contribution in [1.82, 2.24) is 15.1 Å². The Morgan fingerprint density at radius 3 is 2.53 bits per heavy atom. The number of hydrogen-bond donors (Lipinski definition) is 2. The molecule has 2 aromatic carbocycles. The minimum atomic E-state index is -1.02. The van der Waals surface area contributed by atoms with Crippen LogP contribution in [0.15, 0.2) is 48.5 Å². The molecule has 188 valence electrons. The largest absolute Gasteiger partial charge is 0.351 e. The molecule has 1 heterocycles. The van der Waals surface area contributed by atoms with Crippen LogP contribution in [0.4, 0.5) is 14.5 Å². The van der Waals surface area contributed by atoms with Gasteiger partial charge in [0.2, 0.25) is 17.7 Å². The number of likely N-dealkylation sites (N-methyl/N-ethyl adjacent to an activating group) is 1. The second-order valence-electron chi connectivity index (χ2n) is 8.36. The van der Waals surface area contributed by atoms with Crippen molar-refractivity contribution in [3.8, 4) is 6.07 Å². The van der Waals surface area contributed by atoms with Gasteiger partial charge >= 0.3 is 0 Å². The molecule has 1 fully saturated rings. The highest BCUT2D eigenvalue weighted by Gasteiger charge is 2.39. The average Bonchev–Trinajstić information content (AvgIpc) is 3.29. The maximum Gasteiger partial charge on any atom is 0.254 e. The van der Waals surface area contributed by atoms with Crippen molar-refractivity contribution in [3.05, 3.63) is 65.7 Å². The summed E-state index contributed by atoms with van der Waals surface area (Å²) >= 11 is 0. The number of anilines is 1. The monoisotopic (exact) mass is 497 g/mol. The first-order chi connectivity index (χ1) is 17.2. The fourth-order valence-electron chi connectivity index (χ4n) is 3.81. The van der Waals surface area contributed by atoms with Gasteiger partial charge in [0, 0.05) is 38.3 Å². The molecule has 0 aliphatic carbocycles. The number of nitriles is 1. The molecule has 4 amide bonds. The SMILES string of the molecule is CN(CC(=O)N1CC(C(=O)Nc2ccccc2)CC1C#N)C(=O)CCNC(=O)c1ccc(F)cc1F. The number of likely N-dealkylation sites (tertiary alicyclic amines) is 1. The molecule has 1 aliphatic heterocycles. The Hall–Kier alpha value is -4.33. The molecular formula is C25H25F2N5O4. The summed E-state index contributed by atoms with van der Waals surface area (Å²) in [6.07, 6.45) is 0.0205. The second kappa shape index (κ2) is 11.9. The predicted octanol–water partition coefficient (Wildman–Crippen LogP) is 1.92. The van der Waals surface area contributed by atoms with E-state index in [1.54, 1.807) is 24.3 Å². The molecule has 2 atom stereocenters. The number of hydrogen-bond acceptors (Lipinski definition) is 5. The molecule has 0 saturated carbocycles. The van der Waals surface area contributed by atoms with Crippen LogP contribution in [0.2, 0.25) is 0 Å². The van der Waals surface area contributed by atoms with Crippen molar-refractivity contribution in [2.75, 3.05) is 32.0 Å². The number of nitrogens with zero attached hydrogens (tertiary/aromatic N) is 3. The van der Waals surface area contributed by atoms with Crippen LogP contribution in [-0.4, -0.2) is 66.2 Å². The first-order valence-corrected chi connectivity index (χ1v) is 11.2. The molecule has 9 nitrogen and oxygen atoms in total. The molecule has 0 spiro atoms. The van der Waals surface area contributed by atoms with Gasteiger partial charge in [-0.2, -0.15) is 5.26 Å². The third-order valence-corrected chi connectivity index (χ3v) is 5.78. The topological polar surface area (TPSA) is 123 Å². The third-order valence-electron chi connectivity index (χ3n) is 5.78. The molecule has 3 rings (SSSR count). The minimum absolute atomic E-state index is 0.0526. The molecule has 2 aromatic rings. The van der Waals surface area contributed by atoms with Gasteiger partial charge in [-0.3, -0.25) is 19.2 Å². The first kappa shape index (κ1) is 26.3. The quantitative estimate of drug-likeness (QED) is 0.577. The van der Waals surface area contributed by atoms with E-state index in [4.69, 9.17) is 0 Å². The Bertz CT molecular complexity index is 1180. The van der Waals surface area contributed by atoms with E-state index in [9.17, 15) is 33.2 Å². The summed E-state index contributed by atoms with van der Waals surface area (Å²) in [5.74, 6) is -4.44. The predicted molar refractivity (Wildman–Crippen MR) is 125 cm³/mol. The Labute approximate surface area is 206 Å². The summed E-state index contributed by atoms with van der Waals surface area (Å²) < 4.78 is 26.7. The molecule has 1 saturated heterocycles. The van der Waals surface area contributed by atoms with Crippen molar-refractivity contribution in [2.24, 2.45) is 5.92 Å². The molecule has 36 heavy (non-hydrogen) atoms. The average molecular weight is 498 g/mol. The van der Waals surface area contributed by atoms with E-state index >= 15 is 0 Å². The van der Waals surface area contributed by atoms with Crippen LogP contribution < -0.4 is 10.6 Å². The molecule has 11 heteroatoms. The van der Waals surface area contributed by atoms with Crippen LogP contribution in [0.25, 0.3) is 0 Å². The highest BCUT2D eigenvalue weighted by atomic mass is 19.1. The summed E-state index contributed by atoms with van der Waals surface area (Å²) in [7, 11) is 1.40. The number of halogens is 2. The number of nitrogens with one attached hydrogen (secondary N) is 2. The molecule has 2 N–H and O–H groups in total. The summed E-state index contributed by atoms with van der Waals surface area (Å²) in [6, 6.07) is 12.6. The van der Waals surface area contributed by atoms with Crippen LogP contribution in [0.1, 0.15) is 23.2 Å². The van der Waals surface area contributed by atoms with Gasteiger partial charge in [-0.1, -0.05) is 18.2 Å². The molecule has 1 aliphatic rings. The Morgan fingerprint density at radius 2 is 1.86 bits per heavy atom. The zero-order valence-electron chi connectivity index (χ0n) is 19.5. The Kier molecular flexibility index (Phi) is 8.67. The lowest BCUT2D eigenvalue weighted by Crippen LogP contribution is -2.44. The smallest absolute Gasteiger partial charge is 0.254 e. The van der Waals surface area contributed by atoms with E-state index in [-0.39, 0.29) is 43.9 Å². The van der Waals surface area contributed by atoms with E-state index in [1.807, 2.05) is 12.1 Å². The van der Waals surface area contributed by atoms with Crippen molar-refractivity contribution in [3.63, 3.8) is 0 Å². The van der Waals surface area contributed by atoms with Crippen LogP contribution in [0.5, 0.6) is 0 Å². The Morgan fingerprint density at radius 1 is 1.14 bits per heavy atom. The summed E-state index contributed by atoms with van der Waals surface area (Å²) in [5.41, 5.74) is 0.259. The normalized spacial score (nSPS) is 16.7.